The second-order valence-electron chi connectivity index (χ2n) is 6.56. The number of nitrogens with zero attached hydrogens (tertiary/aromatic N) is 2. The van der Waals surface area contributed by atoms with E-state index >= 15 is 0 Å². The van der Waals surface area contributed by atoms with Crippen LogP contribution in [-0.4, -0.2) is 22.0 Å². The predicted octanol–water partition coefficient (Wildman–Crippen LogP) is 5.06. The second kappa shape index (κ2) is 8.88. The number of thiocarbonyl (C=S) groups is 1. The molecule has 31 heavy (non-hydrogen) atoms. The van der Waals surface area contributed by atoms with Gasteiger partial charge in [0.2, 0.25) is 5.82 Å². The third-order valence-electron chi connectivity index (χ3n) is 4.56. The van der Waals surface area contributed by atoms with E-state index in [2.05, 4.69) is 15.7 Å². The topological polar surface area (TPSA) is 51.1 Å². The van der Waals surface area contributed by atoms with Gasteiger partial charge in [-0.2, -0.15) is 5.10 Å². The van der Waals surface area contributed by atoms with Crippen LogP contribution in [0.4, 0.5) is 33.3 Å². The number of hydrogen-bond acceptors (Lipinski definition) is 3. The number of benzene rings is 2. The molecule has 3 aromatic rings. The molecule has 0 fully saturated rings. The highest BCUT2D eigenvalue weighted by atomic mass is 32.1. The number of methoxy groups -OCH3 is 1. The number of anilines is 2. The third-order valence-corrected chi connectivity index (χ3v) is 4.76. The van der Waals surface area contributed by atoms with Gasteiger partial charge in [-0.3, -0.25) is 4.68 Å². The summed E-state index contributed by atoms with van der Waals surface area (Å²) in [7, 11) is 1.53. The van der Waals surface area contributed by atoms with Gasteiger partial charge in [-0.15, -0.1) is 0 Å². The molecule has 0 aliphatic carbocycles. The van der Waals surface area contributed by atoms with Crippen molar-refractivity contribution in [2.75, 3.05) is 17.7 Å². The highest BCUT2D eigenvalue weighted by molar-refractivity contribution is 7.80. The van der Waals surface area contributed by atoms with Crippen LogP contribution in [0.2, 0.25) is 0 Å². The van der Waals surface area contributed by atoms with Crippen LogP contribution in [0.5, 0.6) is 5.75 Å². The van der Waals surface area contributed by atoms with Crippen molar-refractivity contribution in [2.24, 2.45) is 0 Å². The maximum Gasteiger partial charge on any atom is 0.200 e. The van der Waals surface area contributed by atoms with E-state index < -0.39 is 41.2 Å². The van der Waals surface area contributed by atoms with Crippen LogP contribution in [0.25, 0.3) is 0 Å². The largest absolute Gasteiger partial charge is 0.497 e. The minimum absolute atomic E-state index is 0.204. The lowest BCUT2D eigenvalue weighted by molar-refractivity contribution is 0.366. The van der Waals surface area contributed by atoms with Crippen molar-refractivity contribution in [3.63, 3.8) is 0 Å². The zero-order valence-electron chi connectivity index (χ0n) is 16.6. The number of hydrogen-bond donors (Lipinski definition) is 2. The van der Waals surface area contributed by atoms with Gasteiger partial charge in [0.15, 0.2) is 28.4 Å². The Labute approximate surface area is 179 Å². The van der Waals surface area contributed by atoms with Gasteiger partial charge in [0.25, 0.3) is 0 Å². The molecule has 0 bridgehead atoms. The van der Waals surface area contributed by atoms with Crippen molar-refractivity contribution in [2.45, 2.75) is 20.4 Å². The summed E-state index contributed by atoms with van der Waals surface area (Å²) in [5, 5.41) is 10.2. The van der Waals surface area contributed by atoms with Crippen LogP contribution in [0, 0.1) is 42.9 Å². The zero-order valence-corrected chi connectivity index (χ0v) is 17.4. The first-order valence-electron chi connectivity index (χ1n) is 8.90. The summed E-state index contributed by atoms with van der Waals surface area (Å²) < 4.78 is 74.6. The van der Waals surface area contributed by atoms with Crippen LogP contribution in [0.15, 0.2) is 24.3 Å². The lowest BCUT2D eigenvalue weighted by atomic mass is 10.1. The van der Waals surface area contributed by atoms with Crippen molar-refractivity contribution < 1.29 is 26.7 Å². The molecular formula is C20H17F5N4OS. The van der Waals surface area contributed by atoms with Crippen LogP contribution >= 0.6 is 12.2 Å². The normalized spacial score (nSPS) is 10.8. The Morgan fingerprint density at radius 3 is 2.23 bits per heavy atom. The average molecular weight is 456 g/mol. The molecule has 0 saturated carbocycles. The molecule has 2 aromatic carbocycles. The van der Waals surface area contributed by atoms with Gasteiger partial charge in [0, 0.05) is 11.8 Å². The van der Waals surface area contributed by atoms with Crippen LogP contribution in [-0.2, 0) is 6.54 Å². The fourth-order valence-corrected chi connectivity index (χ4v) is 3.17. The Balaban J connectivity index is 1.84. The first-order valence-corrected chi connectivity index (χ1v) is 9.31. The number of aryl methyl sites for hydroxylation is 1. The van der Waals surface area contributed by atoms with Gasteiger partial charge >= 0.3 is 0 Å². The Bertz CT molecular complexity index is 1140. The maximum atomic E-state index is 14.0. The maximum absolute atomic E-state index is 14.0. The monoisotopic (exact) mass is 456 g/mol. The molecule has 1 heterocycles. The molecule has 0 unspecified atom stereocenters. The molecule has 5 nitrogen and oxygen atoms in total. The standard InChI is InChI=1S/C20H17F5N4OS/c1-9-19(27-20(31)26-11-5-4-6-12(7-11)30-3)10(2)29(28-9)8-13-14(21)16(23)18(25)17(24)15(13)22/h4-7H,8H2,1-3H3,(H2,26,27,31). The molecular weight excluding hydrogens is 439 g/mol. The minimum atomic E-state index is -2.21. The molecule has 0 atom stereocenters. The molecule has 164 valence electrons. The summed E-state index contributed by atoms with van der Waals surface area (Å²) in [5.74, 6) is -9.38. The average Bonchev–Trinajstić information content (AvgIpc) is 3.01. The van der Waals surface area contributed by atoms with Gasteiger partial charge in [-0.05, 0) is 38.2 Å². The van der Waals surface area contributed by atoms with Crippen LogP contribution < -0.4 is 15.4 Å². The van der Waals surface area contributed by atoms with Gasteiger partial charge in [0.05, 0.1) is 36.3 Å². The van der Waals surface area contributed by atoms with E-state index in [1.165, 1.54) is 7.11 Å². The highest BCUT2D eigenvalue weighted by Gasteiger charge is 2.26. The quantitative estimate of drug-likeness (QED) is 0.243. The number of rotatable bonds is 5. The van der Waals surface area contributed by atoms with Gasteiger partial charge < -0.3 is 15.4 Å². The van der Waals surface area contributed by atoms with Gasteiger partial charge in [-0.1, -0.05) is 6.07 Å². The Morgan fingerprint density at radius 2 is 1.61 bits per heavy atom. The fraction of sp³-hybridized carbons (Fsp3) is 0.200. The van der Waals surface area contributed by atoms with E-state index in [1.807, 2.05) is 0 Å². The molecule has 1 aromatic heterocycles. The second-order valence-corrected chi connectivity index (χ2v) is 6.97. The fourth-order valence-electron chi connectivity index (χ4n) is 2.95. The number of nitrogens with one attached hydrogen (secondary N) is 2. The first-order chi connectivity index (χ1) is 14.6. The zero-order chi connectivity index (χ0) is 22.9. The summed E-state index contributed by atoms with van der Waals surface area (Å²) in [6.07, 6.45) is 0. The SMILES string of the molecule is COc1cccc(NC(=S)Nc2c(C)nn(Cc3c(F)c(F)c(F)c(F)c3F)c2C)c1. The number of aromatic nitrogens is 2. The van der Waals surface area contributed by atoms with E-state index in [4.69, 9.17) is 17.0 Å². The number of ether oxygens (including phenoxy) is 1. The molecule has 0 aliphatic heterocycles. The minimum Gasteiger partial charge on any atom is -0.497 e. The predicted molar refractivity (Wildman–Crippen MR) is 110 cm³/mol. The molecule has 0 saturated heterocycles. The molecule has 2 N–H and O–H groups in total. The van der Waals surface area contributed by atoms with E-state index in [-0.39, 0.29) is 5.11 Å². The lowest BCUT2D eigenvalue weighted by Crippen LogP contribution is -2.20. The van der Waals surface area contributed by atoms with Crippen molar-refractivity contribution in [1.82, 2.24) is 9.78 Å². The summed E-state index contributed by atoms with van der Waals surface area (Å²) in [6.45, 7) is 2.53. The van der Waals surface area contributed by atoms with E-state index in [0.717, 1.165) is 4.68 Å². The van der Waals surface area contributed by atoms with Gasteiger partial charge in [0.1, 0.15) is 5.75 Å². The third kappa shape index (κ3) is 4.46. The summed E-state index contributed by atoms with van der Waals surface area (Å²) in [5.41, 5.74) is 0.906. The van der Waals surface area contributed by atoms with E-state index in [0.29, 0.717) is 28.5 Å². The Kier molecular flexibility index (Phi) is 6.44. The summed E-state index contributed by atoms with van der Waals surface area (Å²) in [6, 6.07) is 7.02. The van der Waals surface area contributed by atoms with Crippen molar-refractivity contribution in [3.8, 4) is 5.75 Å². The molecule has 11 heteroatoms. The van der Waals surface area contributed by atoms with Crippen molar-refractivity contribution in [3.05, 3.63) is 70.3 Å². The van der Waals surface area contributed by atoms with E-state index in [1.54, 1.807) is 38.1 Å². The van der Waals surface area contributed by atoms with Crippen molar-refractivity contribution >= 4 is 28.7 Å². The first kappa shape index (κ1) is 22.5. The summed E-state index contributed by atoms with van der Waals surface area (Å²) in [4.78, 5) is 0. The molecule has 0 spiro atoms. The molecule has 0 aliphatic rings. The van der Waals surface area contributed by atoms with Crippen molar-refractivity contribution in [1.29, 1.82) is 0 Å². The Hall–Kier alpha value is -3.21. The van der Waals surface area contributed by atoms with Crippen LogP contribution in [0.3, 0.4) is 0 Å². The van der Waals surface area contributed by atoms with Gasteiger partial charge in [-0.25, -0.2) is 22.0 Å². The van der Waals surface area contributed by atoms with E-state index in [9.17, 15) is 22.0 Å². The molecule has 0 amide bonds. The Morgan fingerprint density at radius 1 is 1.00 bits per heavy atom. The summed E-state index contributed by atoms with van der Waals surface area (Å²) >= 11 is 5.28. The molecule has 3 rings (SSSR count). The smallest absolute Gasteiger partial charge is 0.200 e. The van der Waals surface area contributed by atoms with Crippen LogP contribution in [0.1, 0.15) is 17.0 Å². The number of halogens is 5. The molecule has 0 radical (unpaired) electrons. The highest BCUT2D eigenvalue weighted by Crippen LogP contribution is 2.26. The lowest BCUT2D eigenvalue weighted by Gasteiger charge is -2.12.